The highest BCUT2D eigenvalue weighted by Crippen LogP contribution is 2.26. The fourth-order valence-electron chi connectivity index (χ4n) is 1.50. The van der Waals surface area contributed by atoms with Gasteiger partial charge < -0.3 is 10.8 Å². The van der Waals surface area contributed by atoms with Gasteiger partial charge in [-0.15, -0.1) is 0 Å². The molecule has 0 amide bonds. The maximum atomic E-state index is 9.90. The molecule has 2 nitrogen and oxygen atoms in total. The number of aliphatic hydroxyl groups is 1. The molecule has 3 N–H and O–H groups in total. The molecule has 0 radical (unpaired) electrons. The second kappa shape index (κ2) is 4.83. The fourth-order valence-corrected chi connectivity index (χ4v) is 1.50. The van der Waals surface area contributed by atoms with Gasteiger partial charge in [0.2, 0.25) is 0 Å². The number of rotatable bonds is 5. The smallest absolute Gasteiger partial charge is 0.0628 e. The normalized spacial score (nSPS) is 17.5. The Morgan fingerprint density at radius 2 is 1.92 bits per heavy atom. The average molecular weight is 173 g/mol. The molecule has 0 aromatic rings. The van der Waals surface area contributed by atoms with E-state index in [1.165, 1.54) is 0 Å². The molecule has 0 heterocycles. The molecule has 0 aliphatic carbocycles. The molecule has 0 bridgehead atoms. The minimum absolute atomic E-state index is 0.144. The fraction of sp³-hybridized carbons (Fsp3) is 1.00. The molecule has 0 rings (SSSR count). The van der Waals surface area contributed by atoms with Gasteiger partial charge in [0.05, 0.1) is 6.10 Å². The van der Waals surface area contributed by atoms with Gasteiger partial charge in [0.1, 0.15) is 0 Å². The molecule has 0 saturated heterocycles. The van der Waals surface area contributed by atoms with E-state index < -0.39 is 0 Å². The second-order valence-electron chi connectivity index (χ2n) is 4.40. The van der Waals surface area contributed by atoms with Crippen molar-refractivity contribution in [2.24, 2.45) is 17.1 Å². The number of aliphatic hydroxyl groups excluding tert-OH is 1. The van der Waals surface area contributed by atoms with Gasteiger partial charge in [-0.1, -0.05) is 34.1 Å². The van der Waals surface area contributed by atoms with Gasteiger partial charge in [0, 0.05) is 5.41 Å². The first-order valence-electron chi connectivity index (χ1n) is 4.83. The third-order valence-corrected chi connectivity index (χ3v) is 2.61. The van der Waals surface area contributed by atoms with Crippen LogP contribution in [0.25, 0.3) is 0 Å². The monoisotopic (exact) mass is 173 g/mol. The summed E-state index contributed by atoms with van der Waals surface area (Å²) in [7, 11) is 0. The Hall–Kier alpha value is -0.0800. The molecule has 0 aromatic carbocycles. The van der Waals surface area contributed by atoms with Crippen LogP contribution in [0.5, 0.6) is 0 Å². The molecule has 0 aliphatic heterocycles. The summed E-state index contributed by atoms with van der Waals surface area (Å²) in [4.78, 5) is 0. The highest BCUT2D eigenvalue weighted by atomic mass is 16.3. The van der Waals surface area contributed by atoms with Crippen molar-refractivity contribution in [3.63, 3.8) is 0 Å². The maximum Gasteiger partial charge on any atom is 0.0628 e. The topological polar surface area (TPSA) is 46.2 Å². The van der Waals surface area contributed by atoms with Gasteiger partial charge in [-0.3, -0.25) is 0 Å². The van der Waals surface area contributed by atoms with Gasteiger partial charge in [-0.05, 0) is 18.9 Å². The van der Waals surface area contributed by atoms with Gasteiger partial charge in [-0.25, -0.2) is 0 Å². The van der Waals surface area contributed by atoms with Gasteiger partial charge in [-0.2, -0.15) is 0 Å². The molecule has 2 atom stereocenters. The Morgan fingerprint density at radius 3 is 2.25 bits per heavy atom. The van der Waals surface area contributed by atoms with Crippen LogP contribution in [0.2, 0.25) is 0 Å². The van der Waals surface area contributed by atoms with E-state index in [1.54, 1.807) is 0 Å². The lowest BCUT2D eigenvalue weighted by atomic mass is 9.79. The van der Waals surface area contributed by atoms with Crippen molar-refractivity contribution in [2.45, 2.75) is 46.6 Å². The SMILES string of the molecule is CCCC(C)C(O)C(C)(C)CN. The highest BCUT2D eigenvalue weighted by Gasteiger charge is 2.29. The van der Waals surface area contributed by atoms with Crippen molar-refractivity contribution >= 4 is 0 Å². The van der Waals surface area contributed by atoms with Crippen molar-refractivity contribution in [1.29, 1.82) is 0 Å². The van der Waals surface area contributed by atoms with E-state index in [2.05, 4.69) is 13.8 Å². The molecule has 0 aromatic heterocycles. The number of hydrogen-bond acceptors (Lipinski definition) is 2. The Labute approximate surface area is 76.2 Å². The summed E-state index contributed by atoms with van der Waals surface area (Å²) >= 11 is 0. The van der Waals surface area contributed by atoms with Crippen molar-refractivity contribution < 1.29 is 5.11 Å². The first kappa shape index (κ1) is 11.9. The first-order valence-corrected chi connectivity index (χ1v) is 4.83. The Morgan fingerprint density at radius 1 is 1.42 bits per heavy atom. The molecule has 74 valence electrons. The van der Waals surface area contributed by atoms with Crippen molar-refractivity contribution in [3.8, 4) is 0 Å². The van der Waals surface area contributed by atoms with Crippen molar-refractivity contribution in [3.05, 3.63) is 0 Å². The first-order chi connectivity index (χ1) is 5.45. The Bertz CT molecular complexity index is 123. The summed E-state index contributed by atoms with van der Waals surface area (Å²) in [5, 5.41) is 9.90. The van der Waals surface area contributed by atoms with E-state index in [-0.39, 0.29) is 11.5 Å². The molecule has 0 saturated carbocycles. The predicted octanol–water partition coefficient (Wildman–Crippen LogP) is 1.77. The molecule has 0 fully saturated rings. The van der Waals surface area contributed by atoms with Gasteiger partial charge >= 0.3 is 0 Å². The van der Waals surface area contributed by atoms with Crippen LogP contribution in [0.1, 0.15) is 40.5 Å². The predicted molar refractivity (Wildman–Crippen MR) is 52.9 cm³/mol. The number of hydrogen-bond donors (Lipinski definition) is 2. The van der Waals surface area contributed by atoms with E-state index in [4.69, 9.17) is 5.73 Å². The van der Waals surface area contributed by atoms with Crippen molar-refractivity contribution in [2.75, 3.05) is 6.54 Å². The lowest BCUT2D eigenvalue weighted by molar-refractivity contribution is 0.00941. The van der Waals surface area contributed by atoms with Crippen molar-refractivity contribution in [1.82, 2.24) is 0 Å². The van der Waals surface area contributed by atoms with Crippen LogP contribution in [0.15, 0.2) is 0 Å². The Kier molecular flexibility index (Phi) is 4.80. The lowest BCUT2D eigenvalue weighted by Crippen LogP contribution is -2.40. The lowest BCUT2D eigenvalue weighted by Gasteiger charge is -2.33. The zero-order valence-electron chi connectivity index (χ0n) is 8.80. The minimum Gasteiger partial charge on any atom is -0.392 e. The van der Waals surface area contributed by atoms with E-state index >= 15 is 0 Å². The summed E-state index contributed by atoms with van der Waals surface area (Å²) in [5.74, 6) is 0.355. The Balaban J connectivity index is 4.07. The molecule has 2 unspecified atom stereocenters. The highest BCUT2D eigenvalue weighted by molar-refractivity contribution is 4.81. The standard InChI is InChI=1S/C10H23NO/c1-5-6-8(2)9(12)10(3,4)7-11/h8-9,12H,5-7,11H2,1-4H3. The van der Waals surface area contributed by atoms with Gasteiger partial charge in [0.15, 0.2) is 0 Å². The second-order valence-corrected chi connectivity index (χ2v) is 4.40. The molecule has 0 aliphatic rings. The largest absolute Gasteiger partial charge is 0.392 e. The average Bonchev–Trinajstić information content (AvgIpc) is 2.03. The summed E-state index contributed by atoms with van der Waals surface area (Å²) in [6.45, 7) is 8.81. The van der Waals surface area contributed by atoms with E-state index in [1.807, 2.05) is 13.8 Å². The zero-order valence-corrected chi connectivity index (χ0v) is 8.80. The molecule has 0 spiro atoms. The van der Waals surface area contributed by atoms with Crippen LogP contribution in [0.4, 0.5) is 0 Å². The number of nitrogens with two attached hydrogens (primary N) is 1. The van der Waals surface area contributed by atoms with Crippen LogP contribution in [-0.2, 0) is 0 Å². The minimum atomic E-state index is -0.276. The van der Waals surface area contributed by atoms with E-state index in [0.29, 0.717) is 12.5 Å². The summed E-state index contributed by atoms with van der Waals surface area (Å²) in [6, 6.07) is 0. The van der Waals surface area contributed by atoms with Crippen LogP contribution >= 0.6 is 0 Å². The van der Waals surface area contributed by atoms with Crippen LogP contribution < -0.4 is 5.73 Å². The van der Waals surface area contributed by atoms with Crippen LogP contribution in [-0.4, -0.2) is 17.8 Å². The van der Waals surface area contributed by atoms with Gasteiger partial charge in [0.25, 0.3) is 0 Å². The zero-order chi connectivity index (χ0) is 9.78. The van der Waals surface area contributed by atoms with Crippen LogP contribution in [0.3, 0.4) is 0 Å². The molecular weight excluding hydrogens is 150 g/mol. The summed E-state index contributed by atoms with van der Waals surface area (Å²) < 4.78 is 0. The third-order valence-electron chi connectivity index (χ3n) is 2.61. The van der Waals surface area contributed by atoms with Crippen LogP contribution in [0, 0.1) is 11.3 Å². The quantitative estimate of drug-likeness (QED) is 0.665. The molecule has 12 heavy (non-hydrogen) atoms. The maximum absolute atomic E-state index is 9.90. The van der Waals surface area contributed by atoms with E-state index in [9.17, 15) is 5.11 Å². The molecule has 2 heteroatoms. The molecular formula is C10H23NO. The van der Waals surface area contributed by atoms with E-state index in [0.717, 1.165) is 12.8 Å². The summed E-state index contributed by atoms with van der Waals surface area (Å²) in [6.07, 6.45) is 1.92. The third kappa shape index (κ3) is 3.11. The summed E-state index contributed by atoms with van der Waals surface area (Å²) in [5.41, 5.74) is 5.44.